The van der Waals surface area contributed by atoms with Crippen molar-refractivity contribution < 1.29 is 52.3 Å². The number of ether oxygens (including phenoxy) is 7. The zero-order valence-electron chi connectivity index (χ0n) is 40.9. The van der Waals surface area contributed by atoms with Crippen LogP contribution in [0.25, 0.3) is 0 Å². The van der Waals surface area contributed by atoms with Crippen molar-refractivity contribution in [1.29, 1.82) is 0 Å². The maximum atomic E-state index is 14.7. The predicted octanol–water partition coefficient (Wildman–Crippen LogP) is 12.4. The van der Waals surface area contributed by atoms with Crippen molar-refractivity contribution >= 4 is 35.1 Å². The zero-order valence-corrected chi connectivity index (χ0v) is 40.9. The number of rotatable bonds is 23. The second kappa shape index (κ2) is 25.7. The van der Waals surface area contributed by atoms with Gasteiger partial charge in [0.05, 0.1) is 24.6 Å². The Kier molecular flexibility index (Phi) is 17.7. The molecule has 0 radical (unpaired) electrons. The molecule has 2 amide bonds. The maximum absolute atomic E-state index is 14.7. The number of carbonyl (C=O) groups excluding carboxylic acids is 4. The lowest BCUT2D eigenvalue weighted by Gasteiger charge is -2.19. The normalized spacial score (nSPS) is 10.6. The second-order valence-electron chi connectivity index (χ2n) is 16.7. The predicted molar refractivity (Wildman–Crippen MR) is 281 cm³/mol. The van der Waals surface area contributed by atoms with Crippen LogP contribution in [0.4, 0.5) is 11.4 Å². The monoisotopic (exact) mass is 990 g/mol. The van der Waals surface area contributed by atoms with E-state index in [-0.39, 0.29) is 109 Å². The highest BCUT2D eigenvalue weighted by molar-refractivity contribution is 6.10. The highest BCUT2D eigenvalue weighted by Crippen LogP contribution is 2.38. The molecule has 0 aliphatic heterocycles. The summed E-state index contributed by atoms with van der Waals surface area (Å²) >= 11 is 0. The third-order valence-electron chi connectivity index (χ3n) is 11.3. The number of anilines is 2. The summed E-state index contributed by atoms with van der Waals surface area (Å²) in [6.45, 7) is 4.16. The molecule has 13 heteroatoms. The molecular weight excluding hydrogens is 937 g/mol. The lowest BCUT2D eigenvalue weighted by atomic mass is 10.1. The Balaban J connectivity index is 1.16. The maximum Gasteiger partial charge on any atom is 0.342 e. The topological polar surface area (TPSA) is 157 Å². The first-order valence-electron chi connectivity index (χ1n) is 24.0. The van der Waals surface area contributed by atoms with Gasteiger partial charge in [0.25, 0.3) is 11.8 Å². The van der Waals surface area contributed by atoms with Gasteiger partial charge >= 0.3 is 11.9 Å². The average molecular weight is 991 g/mol. The molecule has 13 nitrogen and oxygen atoms in total. The van der Waals surface area contributed by atoms with Gasteiger partial charge in [0.1, 0.15) is 72.9 Å². The fraction of sp³-hybridized carbons (Fsp3) is 0.148. The van der Waals surface area contributed by atoms with Crippen LogP contribution in [0.2, 0.25) is 0 Å². The molecule has 2 N–H and O–H groups in total. The molecule has 0 fully saturated rings. The molecule has 0 bridgehead atoms. The molecule has 0 aromatic heterocycles. The van der Waals surface area contributed by atoms with E-state index in [1.807, 2.05) is 152 Å². The van der Waals surface area contributed by atoms with Gasteiger partial charge in [-0.05, 0) is 59.9 Å². The van der Waals surface area contributed by atoms with Gasteiger partial charge in [-0.2, -0.15) is 0 Å². The van der Waals surface area contributed by atoms with Crippen molar-refractivity contribution in [2.45, 2.75) is 46.9 Å². The molecule has 0 aliphatic carbocycles. The van der Waals surface area contributed by atoms with E-state index in [9.17, 15) is 19.2 Å². The molecule has 0 saturated heterocycles. The quantitative estimate of drug-likeness (QED) is 0.0588. The zero-order chi connectivity index (χ0) is 51.5. The van der Waals surface area contributed by atoms with Crippen molar-refractivity contribution in [3.63, 3.8) is 0 Å². The summed E-state index contributed by atoms with van der Waals surface area (Å²) in [5.41, 5.74) is 4.83. The fourth-order valence-electron chi connectivity index (χ4n) is 7.55. The Labute approximate surface area is 429 Å². The lowest BCUT2D eigenvalue weighted by molar-refractivity contribution is 0.0511. The van der Waals surface area contributed by atoms with E-state index in [0.717, 1.165) is 27.8 Å². The molecule has 374 valence electrons. The minimum absolute atomic E-state index is 0.0426. The smallest absolute Gasteiger partial charge is 0.342 e. The van der Waals surface area contributed by atoms with Crippen molar-refractivity contribution in [1.82, 2.24) is 0 Å². The largest absolute Gasteiger partial charge is 0.489 e. The van der Waals surface area contributed by atoms with E-state index in [1.165, 1.54) is 42.5 Å². The summed E-state index contributed by atoms with van der Waals surface area (Å²) in [4.78, 5) is 56.3. The van der Waals surface area contributed by atoms with E-state index in [4.69, 9.17) is 33.2 Å². The Morgan fingerprint density at radius 2 is 0.649 bits per heavy atom. The van der Waals surface area contributed by atoms with Crippen LogP contribution in [-0.2, 0) is 42.5 Å². The minimum atomic E-state index is -0.645. The highest BCUT2D eigenvalue weighted by atomic mass is 16.5. The molecular formula is C61H54N2O11. The SMILES string of the molecule is CCOC(=O)c1cc(OCc2ccccc2)c(NC(=O)c2cc(OCc3ccccc3)cc(C(=O)Nc3cc(OCc4ccccc4)c(C(=O)OCC)cc3OCc3ccccc3)c2)cc1OCc1ccccc1. The molecule has 74 heavy (non-hydrogen) atoms. The third kappa shape index (κ3) is 14.2. The number of hydrogen-bond donors (Lipinski definition) is 2. The van der Waals surface area contributed by atoms with Crippen LogP contribution < -0.4 is 34.3 Å². The van der Waals surface area contributed by atoms with Crippen LogP contribution in [-0.4, -0.2) is 37.0 Å². The van der Waals surface area contributed by atoms with Crippen LogP contribution >= 0.6 is 0 Å². The number of amides is 2. The third-order valence-corrected chi connectivity index (χ3v) is 11.3. The summed E-state index contributed by atoms with van der Waals surface area (Å²) in [6.07, 6.45) is 0. The fourth-order valence-corrected chi connectivity index (χ4v) is 7.55. The second-order valence-corrected chi connectivity index (χ2v) is 16.7. The van der Waals surface area contributed by atoms with E-state index >= 15 is 0 Å². The molecule has 8 rings (SSSR count). The summed E-state index contributed by atoms with van der Waals surface area (Å²) < 4.78 is 42.2. The molecule has 8 aromatic rings. The average Bonchev–Trinajstić information content (AvgIpc) is 3.44. The van der Waals surface area contributed by atoms with Gasteiger partial charge in [-0.1, -0.05) is 152 Å². The summed E-state index contributed by atoms with van der Waals surface area (Å²) in [5.74, 6) is -1.77. The van der Waals surface area contributed by atoms with Gasteiger partial charge in [0, 0.05) is 35.4 Å². The summed E-state index contributed by atoms with van der Waals surface area (Å²) in [6, 6.07) is 57.6. The standard InChI is InChI=1S/C61H54N2O11/c1-3-68-60(66)50-33-56(73-40-45-26-16-8-17-27-45)52(35-54(50)71-38-43-22-12-6-13-23-43)62-58(64)47-30-48(32-49(31-47)70-37-42-20-10-5-11-21-42)59(65)63-53-36-55(72-39-44-24-14-7-15-25-44)51(61(67)69-4-2)34-57(53)74-41-46-28-18-9-19-29-46/h5-36H,3-4,37-41H2,1-2H3,(H,62,64)(H,63,65). The molecule has 0 atom stereocenters. The first-order chi connectivity index (χ1) is 36.2. The first kappa shape index (κ1) is 51.0. The molecule has 0 heterocycles. The van der Waals surface area contributed by atoms with Gasteiger partial charge in [-0.3, -0.25) is 9.59 Å². The Morgan fingerprint density at radius 1 is 0.351 bits per heavy atom. The van der Waals surface area contributed by atoms with E-state index in [2.05, 4.69) is 10.6 Å². The van der Waals surface area contributed by atoms with Crippen molar-refractivity contribution in [2.75, 3.05) is 23.8 Å². The van der Waals surface area contributed by atoms with Gasteiger partial charge in [-0.25, -0.2) is 9.59 Å². The lowest BCUT2D eigenvalue weighted by Crippen LogP contribution is -2.18. The number of nitrogens with one attached hydrogen (secondary N) is 2. The Morgan fingerprint density at radius 3 is 0.959 bits per heavy atom. The van der Waals surface area contributed by atoms with Crippen molar-refractivity contribution in [3.8, 4) is 28.7 Å². The highest BCUT2D eigenvalue weighted by Gasteiger charge is 2.25. The van der Waals surface area contributed by atoms with Gasteiger partial charge in [0.15, 0.2) is 0 Å². The Hall–Kier alpha value is -9.36. The molecule has 0 saturated carbocycles. The van der Waals surface area contributed by atoms with Gasteiger partial charge in [0.2, 0.25) is 0 Å². The van der Waals surface area contributed by atoms with Crippen LogP contribution in [0.15, 0.2) is 194 Å². The van der Waals surface area contributed by atoms with Crippen LogP contribution in [0.1, 0.15) is 83.1 Å². The van der Waals surface area contributed by atoms with Crippen LogP contribution in [0.5, 0.6) is 28.7 Å². The van der Waals surface area contributed by atoms with E-state index in [1.54, 1.807) is 13.8 Å². The van der Waals surface area contributed by atoms with E-state index < -0.39 is 23.8 Å². The minimum Gasteiger partial charge on any atom is -0.489 e. The van der Waals surface area contributed by atoms with Crippen molar-refractivity contribution in [3.05, 3.63) is 244 Å². The van der Waals surface area contributed by atoms with Crippen LogP contribution in [0, 0.1) is 0 Å². The van der Waals surface area contributed by atoms with Gasteiger partial charge < -0.3 is 43.8 Å². The molecule has 0 aliphatic rings. The molecule has 8 aromatic carbocycles. The van der Waals surface area contributed by atoms with Crippen molar-refractivity contribution in [2.24, 2.45) is 0 Å². The summed E-state index contributed by atoms with van der Waals surface area (Å²) in [7, 11) is 0. The number of hydrogen-bond acceptors (Lipinski definition) is 11. The van der Waals surface area contributed by atoms with Gasteiger partial charge in [-0.15, -0.1) is 0 Å². The van der Waals surface area contributed by atoms with E-state index in [0.29, 0.717) is 0 Å². The molecule has 0 spiro atoms. The van der Waals surface area contributed by atoms with Crippen LogP contribution in [0.3, 0.4) is 0 Å². The Bertz CT molecular complexity index is 2970. The number of carbonyl (C=O) groups is 4. The molecule has 0 unspecified atom stereocenters. The first-order valence-corrected chi connectivity index (χ1v) is 24.0. The number of esters is 2. The number of benzene rings is 8. The summed E-state index contributed by atoms with van der Waals surface area (Å²) in [5, 5.41) is 5.91.